The molecule has 0 saturated heterocycles. The standard InChI is InChI=1S/C13H25NO4/c1-7-10(11(15)17-8-9(2)3)14-12(16)18-13(4,5)6/h9-10H,7-8H2,1-6H3,(H,14,16)/t10-/m1/s1. The van der Waals surface area contributed by atoms with Crippen LogP contribution in [0, 0.1) is 5.92 Å². The van der Waals surface area contributed by atoms with Crippen molar-refractivity contribution in [3.05, 3.63) is 0 Å². The van der Waals surface area contributed by atoms with Gasteiger partial charge in [0, 0.05) is 0 Å². The van der Waals surface area contributed by atoms with Crippen molar-refractivity contribution in [2.24, 2.45) is 5.92 Å². The van der Waals surface area contributed by atoms with E-state index in [-0.39, 0.29) is 5.92 Å². The van der Waals surface area contributed by atoms with Gasteiger partial charge in [0.25, 0.3) is 0 Å². The minimum atomic E-state index is -0.654. The Kier molecular flexibility index (Phi) is 6.73. The number of nitrogens with one attached hydrogen (secondary N) is 1. The number of alkyl carbamates (subject to hydrolysis) is 1. The number of carbonyl (C=O) groups is 2. The fraction of sp³-hybridized carbons (Fsp3) is 0.846. The van der Waals surface area contributed by atoms with Crippen molar-refractivity contribution in [1.82, 2.24) is 5.32 Å². The number of esters is 1. The highest BCUT2D eigenvalue weighted by molar-refractivity contribution is 5.81. The minimum absolute atomic E-state index is 0.271. The first-order valence-electron chi connectivity index (χ1n) is 6.31. The van der Waals surface area contributed by atoms with Crippen LogP contribution in [0.25, 0.3) is 0 Å². The number of hydrogen-bond donors (Lipinski definition) is 1. The number of amides is 1. The summed E-state index contributed by atoms with van der Waals surface area (Å²) in [5.41, 5.74) is -0.579. The Bertz CT molecular complexity index is 281. The quantitative estimate of drug-likeness (QED) is 0.770. The zero-order chi connectivity index (χ0) is 14.3. The maximum Gasteiger partial charge on any atom is 0.408 e. The second-order valence-electron chi connectivity index (χ2n) is 5.63. The molecule has 0 aromatic heterocycles. The molecule has 5 heteroatoms. The van der Waals surface area contributed by atoms with Crippen molar-refractivity contribution in [1.29, 1.82) is 0 Å². The van der Waals surface area contributed by atoms with Crippen LogP contribution in [-0.2, 0) is 14.3 Å². The molecule has 0 heterocycles. The molecule has 18 heavy (non-hydrogen) atoms. The summed E-state index contributed by atoms with van der Waals surface area (Å²) in [4.78, 5) is 23.2. The fourth-order valence-electron chi connectivity index (χ4n) is 1.13. The van der Waals surface area contributed by atoms with E-state index in [1.165, 1.54) is 0 Å². The molecule has 5 nitrogen and oxygen atoms in total. The summed E-state index contributed by atoms with van der Waals surface area (Å²) in [5, 5.41) is 2.51. The van der Waals surface area contributed by atoms with E-state index in [0.29, 0.717) is 13.0 Å². The molecule has 0 unspecified atom stereocenters. The maximum atomic E-state index is 11.7. The van der Waals surface area contributed by atoms with Crippen molar-refractivity contribution in [2.75, 3.05) is 6.61 Å². The average Bonchev–Trinajstić information content (AvgIpc) is 2.19. The van der Waals surface area contributed by atoms with Crippen LogP contribution < -0.4 is 5.32 Å². The van der Waals surface area contributed by atoms with Gasteiger partial charge in [0.2, 0.25) is 0 Å². The third kappa shape index (κ3) is 7.92. The highest BCUT2D eigenvalue weighted by Crippen LogP contribution is 2.07. The lowest BCUT2D eigenvalue weighted by atomic mass is 10.2. The van der Waals surface area contributed by atoms with Gasteiger partial charge in [-0.3, -0.25) is 0 Å². The lowest BCUT2D eigenvalue weighted by Crippen LogP contribution is -2.44. The maximum absolute atomic E-state index is 11.7. The predicted octanol–water partition coefficient (Wildman–Crippen LogP) is 2.49. The Morgan fingerprint density at radius 2 is 1.78 bits per heavy atom. The smallest absolute Gasteiger partial charge is 0.408 e. The first-order valence-corrected chi connectivity index (χ1v) is 6.31. The van der Waals surface area contributed by atoms with Gasteiger partial charge in [-0.05, 0) is 33.1 Å². The summed E-state index contributed by atoms with van der Waals surface area (Å²) in [6.07, 6.45) is -0.133. The molecule has 0 rings (SSSR count). The van der Waals surface area contributed by atoms with Crippen molar-refractivity contribution < 1.29 is 19.1 Å². The largest absolute Gasteiger partial charge is 0.464 e. The predicted molar refractivity (Wildman–Crippen MR) is 69.2 cm³/mol. The molecule has 0 saturated carbocycles. The van der Waals surface area contributed by atoms with E-state index >= 15 is 0 Å². The fourth-order valence-corrected chi connectivity index (χ4v) is 1.13. The Labute approximate surface area is 109 Å². The van der Waals surface area contributed by atoms with E-state index < -0.39 is 23.7 Å². The van der Waals surface area contributed by atoms with E-state index in [1.54, 1.807) is 27.7 Å². The van der Waals surface area contributed by atoms with Crippen LogP contribution in [0.1, 0.15) is 48.0 Å². The second kappa shape index (κ2) is 7.24. The normalized spacial score (nSPS) is 13.1. The van der Waals surface area contributed by atoms with Crippen molar-refractivity contribution >= 4 is 12.1 Å². The summed E-state index contributed by atoms with van der Waals surface area (Å²) in [7, 11) is 0. The Morgan fingerprint density at radius 3 is 2.17 bits per heavy atom. The van der Waals surface area contributed by atoms with Gasteiger partial charge < -0.3 is 14.8 Å². The van der Waals surface area contributed by atoms with E-state index in [0.717, 1.165) is 0 Å². The van der Waals surface area contributed by atoms with Gasteiger partial charge in [-0.25, -0.2) is 9.59 Å². The number of rotatable bonds is 5. The van der Waals surface area contributed by atoms with Gasteiger partial charge in [0.15, 0.2) is 0 Å². The molecule has 0 aromatic rings. The monoisotopic (exact) mass is 259 g/mol. The van der Waals surface area contributed by atoms with Crippen LogP contribution >= 0.6 is 0 Å². The number of hydrogen-bond acceptors (Lipinski definition) is 4. The second-order valence-corrected chi connectivity index (χ2v) is 5.63. The summed E-state index contributed by atoms with van der Waals surface area (Å²) in [6.45, 7) is 11.4. The SMILES string of the molecule is CC[C@@H](NC(=O)OC(C)(C)C)C(=O)OCC(C)C. The molecule has 1 amide bonds. The van der Waals surface area contributed by atoms with Crippen LogP contribution in [0.4, 0.5) is 4.79 Å². The molecule has 106 valence electrons. The molecule has 0 bridgehead atoms. The van der Waals surface area contributed by atoms with Crippen molar-refractivity contribution in [3.8, 4) is 0 Å². The molecule has 1 N–H and O–H groups in total. The van der Waals surface area contributed by atoms with Crippen molar-refractivity contribution in [3.63, 3.8) is 0 Å². The molecule has 0 aliphatic carbocycles. The van der Waals surface area contributed by atoms with Gasteiger partial charge in [-0.15, -0.1) is 0 Å². The van der Waals surface area contributed by atoms with Crippen LogP contribution in [0.15, 0.2) is 0 Å². The van der Waals surface area contributed by atoms with E-state index in [9.17, 15) is 9.59 Å². The highest BCUT2D eigenvalue weighted by atomic mass is 16.6. The Hall–Kier alpha value is -1.26. The first-order chi connectivity index (χ1) is 8.15. The van der Waals surface area contributed by atoms with Crippen LogP contribution in [0.3, 0.4) is 0 Å². The minimum Gasteiger partial charge on any atom is -0.464 e. The van der Waals surface area contributed by atoms with E-state index in [1.807, 2.05) is 13.8 Å². The lowest BCUT2D eigenvalue weighted by molar-refractivity contribution is -0.147. The molecule has 0 aliphatic rings. The lowest BCUT2D eigenvalue weighted by Gasteiger charge is -2.22. The molecular formula is C13H25NO4. The van der Waals surface area contributed by atoms with Gasteiger partial charge in [-0.2, -0.15) is 0 Å². The topological polar surface area (TPSA) is 64.6 Å². The van der Waals surface area contributed by atoms with Crippen LogP contribution in [0.5, 0.6) is 0 Å². The molecule has 0 aromatic carbocycles. The zero-order valence-electron chi connectivity index (χ0n) is 12.2. The van der Waals surface area contributed by atoms with Gasteiger partial charge in [0.05, 0.1) is 6.61 Å². The summed E-state index contributed by atoms with van der Waals surface area (Å²) >= 11 is 0. The van der Waals surface area contributed by atoms with Gasteiger partial charge in [0.1, 0.15) is 11.6 Å². The first kappa shape index (κ1) is 16.7. The highest BCUT2D eigenvalue weighted by Gasteiger charge is 2.24. The molecule has 0 radical (unpaired) electrons. The zero-order valence-corrected chi connectivity index (χ0v) is 12.2. The number of ether oxygens (including phenoxy) is 2. The van der Waals surface area contributed by atoms with Gasteiger partial charge >= 0.3 is 12.1 Å². The molecular weight excluding hydrogens is 234 g/mol. The number of carbonyl (C=O) groups excluding carboxylic acids is 2. The van der Waals surface area contributed by atoms with Crippen LogP contribution in [-0.4, -0.2) is 30.3 Å². The molecule has 1 atom stereocenters. The van der Waals surface area contributed by atoms with Crippen molar-refractivity contribution in [2.45, 2.75) is 59.6 Å². The summed E-state index contributed by atoms with van der Waals surface area (Å²) < 4.78 is 10.2. The summed E-state index contributed by atoms with van der Waals surface area (Å²) in [6, 6.07) is -0.654. The van der Waals surface area contributed by atoms with E-state index in [4.69, 9.17) is 9.47 Å². The Morgan fingerprint density at radius 1 is 1.22 bits per heavy atom. The summed E-state index contributed by atoms with van der Waals surface area (Å²) in [5.74, 6) is -0.148. The van der Waals surface area contributed by atoms with Gasteiger partial charge in [-0.1, -0.05) is 20.8 Å². The molecule has 0 fully saturated rings. The average molecular weight is 259 g/mol. The Balaban J connectivity index is 4.25. The third-order valence-electron chi connectivity index (χ3n) is 1.94. The molecule has 0 aliphatic heterocycles. The van der Waals surface area contributed by atoms with E-state index in [2.05, 4.69) is 5.32 Å². The third-order valence-corrected chi connectivity index (χ3v) is 1.94. The van der Waals surface area contributed by atoms with Crippen LogP contribution in [0.2, 0.25) is 0 Å². The molecule has 0 spiro atoms.